The highest BCUT2D eigenvalue weighted by Gasteiger charge is 2.18. The Hall–Kier alpha value is -2.17. The number of carbonyl (C=O) groups is 1. The molecule has 1 heterocycles. The Morgan fingerprint density at radius 2 is 2.00 bits per heavy atom. The molecule has 1 amide bonds. The summed E-state index contributed by atoms with van der Waals surface area (Å²) in [6.07, 6.45) is 2.26. The molecule has 0 saturated heterocycles. The lowest BCUT2D eigenvalue weighted by molar-refractivity contribution is -0.113. The average Bonchev–Trinajstić information content (AvgIpc) is 2.37. The molecule has 1 aromatic rings. The van der Waals surface area contributed by atoms with Gasteiger partial charge in [-0.15, -0.1) is 0 Å². The maximum atomic E-state index is 11.0. The lowest BCUT2D eigenvalue weighted by atomic mass is 9.97. The lowest BCUT2D eigenvalue weighted by Crippen LogP contribution is -2.24. The van der Waals surface area contributed by atoms with E-state index in [1.807, 2.05) is 12.1 Å². The van der Waals surface area contributed by atoms with Gasteiger partial charge < -0.3 is 20.5 Å². The van der Waals surface area contributed by atoms with Crippen LogP contribution in [0.2, 0.25) is 0 Å². The Kier molecular flexibility index (Phi) is 3.41. The molecule has 0 aromatic heterocycles. The van der Waals surface area contributed by atoms with E-state index in [9.17, 15) is 4.79 Å². The highest BCUT2D eigenvalue weighted by molar-refractivity contribution is 5.94. The quantitative estimate of drug-likeness (QED) is 0.771. The van der Waals surface area contributed by atoms with Crippen LogP contribution in [0.15, 0.2) is 18.2 Å². The van der Waals surface area contributed by atoms with Crippen LogP contribution in [0.3, 0.4) is 0 Å². The summed E-state index contributed by atoms with van der Waals surface area (Å²) in [5.41, 5.74) is 7.96. The van der Waals surface area contributed by atoms with E-state index in [-0.39, 0.29) is 0 Å². The number of nitrogens with two attached hydrogens (primary N) is 1. The Labute approximate surface area is 106 Å². The number of fused-ring (bicyclic) bond motifs is 1. The molecule has 1 aromatic carbocycles. The van der Waals surface area contributed by atoms with E-state index in [4.69, 9.17) is 15.2 Å². The van der Waals surface area contributed by atoms with E-state index < -0.39 is 5.91 Å². The van der Waals surface area contributed by atoms with Crippen molar-refractivity contribution in [3.63, 3.8) is 0 Å². The molecule has 0 fully saturated rings. The number of rotatable bonds is 3. The van der Waals surface area contributed by atoms with E-state index in [1.165, 1.54) is 6.08 Å². The van der Waals surface area contributed by atoms with Gasteiger partial charge in [0.1, 0.15) is 0 Å². The third-order valence-corrected chi connectivity index (χ3v) is 2.90. The van der Waals surface area contributed by atoms with Gasteiger partial charge >= 0.3 is 0 Å². The minimum absolute atomic E-state index is 0.472. The molecule has 0 saturated carbocycles. The molecule has 0 radical (unpaired) electrons. The predicted molar refractivity (Wildman–Crippen MR) is 68.4 cm³/mol. The highest BCUT2D eigenvalue weighted by Crippen LogP contribution is 2.34. The molecule has 0 unspecified atom stereocenters. The van der Waals surface area contributed by atoms with Crippen LogP contribution in [0.5, 0.6) is 11.5 Å². The maximum absolute atomic E-state index is 11.0. The molecule has 0 aliphatic carbocycles. The largest absolute Gasteiger partial charge is 0.493 e. The number of primary amides is 1. The van der Waals surface area contributed by atoms with Crippen LogP contribution in [0, 0.1) is 0 Å². The second-order valence-electron chi connectivity index (χ2n) is 4.00. The zero-order valence-electron chi connectivity index (χ0n) is 10.4. The normalized spacial score (nSPS) is 15.8. The van der Waals surface area contributed by atoms with Crippen LogP contribution >= 0.6 is 0 Å². The first-order valence-corrected chi connectivity index (χ1v) is 5.66. The van der Waals surface area contributed by atoms with Gasteiger partial charge in [-0.2, -0.15) is 0 Å². The number of ether oxygens (including phenoxy) is 2. The van der Waals surface area contributed by atoms with Crippen molar-refractivity contribution in [3.05, 3.63) is 29.3 Å². The summed E-state index contributed by atoms with van der Waals surface area (Å²) in [4.78, 5) is 11.0. The minimum atomic E-state index is -0.472. The van der Waals surface area contributed by atoms with Gasteiger partial charge in [0, 0.05) is 23.9 Å². The number of hydrogen-bond donors (Lipinski definition) is 2. The van der Waals surface area contributed by atoms with Gasteiger partial charge in [0.25, 0.3) is 0 Å². The van der Waals surface area contributed by atoms with Crippen molar-refractivity contribution in [1.82, 2.24) is 5.32 Å². The van der Waals surface area contributed by atoms with Gasteiger partial charge in [0.15, 0.2) is 11.5 Å². The van der Waals surface area contributed by atoms with E-state index in [0.29, 0.717) is 11.5 Å². The van der Waals surface area contributed by atoms with Gasteiger partial charge in [0.2, 0.25) is 5.91 Å². The molecule has 5 nitrogen and oxygen atoms in total. The fourth-order valence-electron chi connectivity index (χ4n) is 2.08. The maximum Gasteiger partial charge on any atom is 0.243 e. The van der Waals surface area contributed by atoms with Gasteiger partial charge in [-0.05, 0) is 24.1 Å². The Balaban J connectivity index is 2.53. The lowest BCUT2D eigenvalue weighted by Gasteiger charge is -2.22. The van der Waals surface area contributed by atoms with Crippen LogP contribution in [-0.4, -0.2) is 26.7 Å². The molecule has 1 aliphatic rings. The number of benzene rings is 1. The van der Waals surface area contributed by atoms with E-state index in [1.54, 1.807) is 14.2 Å². The Bertz CT molecular complexity index is 509. The van der Waals surface area contributed by atoms with E-state index in [2.05, 4.69) is 5.32 Å². The first-order valence-electron chi connectivity index (χ1n) is 5.66. The summed E-state index contributed by atoms with van der Waals surface area (Å²) < 4.78 is 10.5. The second kappa shape index (κ2) is 5.00. The van der Waals surface area contributed by atoms with Crippen molar-refractivity contribution in [2.45, 2.75) is 6.42 Å². The summed E-state index contributed by atoms with van der Waals surface area (Å²) >= 11 is 0. The SMILES string of the molecule is COc1cc2c(cc1OC)C(=CC(N)=O)NCC2. The molecule has 18 heavy (non-hydrogen) atoms. The monoisotopic (exact) mass is 248 g/mol. The molecule has 0 atom stereocenters. The fraction of sp³-hybridized carbons (Fsp3) is 0.308. The summed E-state index contributed by atoms with van der Waals surface area (Å²) in [6.45, 7) is 0.765. The van der Waals surface area contributed by atoms with Crippen LogP contribution in [0.4, 0.5) is 0 Å². The molecule has 0 bridgehead atoms. The molecule has 2 rings (SSSR count). The van der Waals surface area contributed by atoms with Gasteiger partial charge in [0.05, 0.1) is 14.2 Å². The number of amides is 1. The van der Waals surface area contributed by atoms with E-state index in [0.717, 1.165) is 29.8 Å². The van der Waals surface area contributed by atoms with Crippen molar-refractivity contribution < 1.29 is 14.3 Å². The van der Waals surface area contributed by atoms with Crippen molar-refractivity contribution in [2.75, 3.05) is 20.8 Å². The first-order chi connectivity index (χ1) is 8.65. The van der Waals surface area contributed by atoms with Crippen LogP contribution in [0.1, 0.15) is 11.1 Å². The smallest absolute Gasteiger partial charge is 0.243 e. The number of carbonyl (C=O) groups excluding carboxylic acids is 1. The van der Waals surface area contributed by atoms with Crippen molar-refractivity contribution in [3.8, 4) is 11.5 Å². The third kappa shape index (κ3) is 2.25. The minimum Gasteiger partial charge on any atom is -0.493 e. The Morgan fingerprint density at radius 1 is 1.33 bits per heavy atom. The zero-order valence-corrected chi connectivity index (χ0v) is 10.4. The molecule has 3 N–H and O–H groups in total. The number of nitrogens with one attached hydrogen (secondary N) is 1. The number of hydrogen-bond acceptors (Lipinski definition) is 4. The molecular weight excluding hydrogens is 232 g/mol. The molecular formula is C13H16N2O3. The predicted octanol–water partition coefficient (Wildman–Crippen LogP) is 0.676. The molecule has 0 spiro atoms. The first kappa shape index (κ1) is 12.3. The van der Waals surface area contributed by atoms with Crippen LogP contribution in [-0.2, 0) is 11.2 Å². The van der Waals surface area contributed by atoms with E-state index >= 15 is 0 Å². The number of methoxy groups -OCH3 is 2. The summed E-state index contributed by atoms with van der Waals surface area (Å²) in [5.74, 6) is 0.854. The van der Waals surface area contributed by atoms with Crippen LogP contribution in [0.25, 0.3) is 5.70 Å². The topological polar surface area (TPSA) is 73.6 Å². The Morgan fingerprint density at radius 3 is 2.61 bits per heavy atom. The average molecular weight is 248 g/mol. The van der Waals surface area contributed by atoms with Gasteiger partial charge in [-0.3, -0.25) is 4.79 Å². The summed E-state index contributed by atoms with van der Waals surface area (Å²) in [7, 11) is 3.18. The van der Waals surface area contributed by atoms with Gasteiger partial charge in [-0.1, -0.05) is 0 Å². The van der Waals surface area contributed by atoms with Crippen molar-refractivity contribution in [1.29, 1.82) is 0 Å². The second-order valence-corrected chi connectivity index (χ2v) is 4.00. The zero-order chi connectivity index (χ0) is 13.1. The molecule has 96 valence electrons. The summed E-state index contributed by atoms with van der Waals surface area (Å²) in [5, 5.41) is 3.16. The summed E-state index contributed by atoms with van der Waals surface area (Å²) in [6, 6.07) is 3.79. The van der Waals surface area contributed by atoms with Crippen molar-refractivity contribution in [2.24, 2.45) is 5.73 Å². The van der Waals surface area contributed by atoms with Crippen LogP contribution < -0.4 is 20.5 Å². The van der Waals surface area contributed by atoms with Crippen molar-refractivity contribution >= 4 is 11.6 Å². The fourth-order valence-corrected chi connectivity index (χ4v) is 2.08. The highest BCUT2D eigenvalue weighted by atomic mass is 16.5. The van der Waals surface area contributed by atoms with Gasteiger partial charge in [-0.25, -0.2) is 0 Å². The molecule has 1 aliphatic heterocycles. The standard InChI is InChI=1S/C13H16N2O3/c1-17-11-5-8-3-4-15-10(7-13(14)16)9(8)6-12(11)18-2/h5-7,15H,3-4H2,1-2H3,(H2,14,16). The third-order valence-electron chi connectivity index (χ3n) is 2.90. The molecule has 5 heteroatoms.